The second-order valence-electron chi connectivity index (χ2n) is 4.87. The first-order valence-electron chi connectivity index (χ1n) is 6.93. The van der Waals surface area contributed by atoms with Gasteiger partial charge in [-0.15, -0.1) is 0 Å². The molecule has 0 saturated carbocycles. The summed E-state index contributed by atoms with van der Waals surface area (Å²) in [6.45, 7) is 2.37. The molecule has 0 radical (unpaired) electrons. The predicted molar refractivity (Wildman–Crippen MR) is 80.0 cm³/mol. The Balaban J connectivity index is 2.00. The minimum absolute atomic E-state index is 0.0854. The van der Waals surface area contributed by atoms with Gasteiger partial charge in [0, 0.05) is 24.8 Å². The number of aryl methyl sites for hydroxylation is 1. The van der Waals surface area contributed by atoms with Gasteiger partial charge in [0.2, 0.25) is 0 Å². The van der Waals surface area contributed by atoms with Crippen LogP contribution in [0, 0.1) is 6.92 Å². The van der Waals surface area contributed by atoms with E-state index in [2.05, 4.69) is 15.3 Å². The van der Waals surface area contributed by atoms with Gasteiger partial charge in [0.15, 0.2) is 0 Å². The van der Waals surface area contributed by atoms with Gasteiger partial charge in [-0.25, -0.2) is 9.97 Å². The number of aliphatic hydroxyl groups is 1. The highest BCUT2D eigenvalue weighted by Crippen LogP contribution is 2.18. The van der Waals surface area contributed by atoms with Crippen molar-refractivity contribution in [1.29, 1.82) is 0 Å². The summed E-state index contributed by atoms with van der Waals surface area (Å²) < 4.78 is 0. The van der Waals surface area contributed by atoms with E-state index < -0.39 is 0 Å². The van der Waals surface area contributed by atoms with Crippen LogP contribution in [0.1, 0.15) is 34.1 Å². The Morgan fingerprint density at radius 3 is 2.71 bits per heavy atom. The molecule has 1 unspecified atom stereocenters. The first-order valence-corrected chi connectivity index (χ1v) is 6.93. The summed E-state index contributed by atoms with van der Waals surface area (Å²) in [6, 6.07) is 11.5. The number of rotatable bonds is 6. The maximum atomic E-state index is 12.1. The van der Waals surface area contributed by atoms with E-state index in [0.29, 0.717) is 18.7 Å². The fourth-order valence-corrected chi connectivity index (χ4v) is 2.15. The number of carbonyl (C=O) groups is 1. The molecule has 110 valence electrons. The van der Waals surface area contributed by atoms with Crippen LogP contribution in [0.15, 0.2) is 42.7 Å². The van der Waals surface area contributed by atoms with Gasteiger partial charge in [0.05, 0.1) is 0 Å². The van der Waals surface area contributed by atoms with Crippen molar-refractivity contribution in [3.05, 3.63) is 59.7 Å². The Morgan fingerprint density at radius 2 is 2.05 bits per heavy atom. The molecular weight excluding hydrogens is 266 g/mol. The second kappa shape index (κ2) is 7.50. The van der Waals surface area contributed by atoms with Gasteiger partial charge in [-0.05, 0) is 25.0 Å². The largest absolute Gasteiger partial charge is 0.396 e. The molecule has 1 heterocycles. The summed E-state index contributed by atoms with van der Waals surface area (Å²) in [5.74, 6) is -0.137. The Bertz CT molecular complexity index is 587. The third-order valence-electron chi connectivity index (χ3n) is 3.29. The van der Waals surface area contributed by atoms with Crippen LogP contribution in [0.25, 0.3) is 0 Å². The van der Waals surface area contributed by atoms with Crippen molar-refractivity contribution in [3.8, 4) is 0 Å². The van der Waals surface area contributed by atoms with Crippen molar-refractivity contribution in [2.24, 2.45) is 0 Å². The lowest BCUT2D eigenvalue weighted by Crippen LogP contribution is -2.29. The normalized spacial score (nSPS) is 11.9. The molecule has 2 N–H and O–H groups in total. The van der Waals surface area contributed by atoms with Crippen LogP contribution in [-0.4, -0.2) is 34.1 Å². The predicted octanol–water partition coefficient (Wildman–Crippen LogP) is 1.68. The topological polar surface area (TPSA) is 75.1 Å². The molecule has 1 aromatic carbocycles. The average Bonchev–Trinajstić information content (AvgIpc) is 2.52. The number of aliphatic hydroxyl groups excluding tert-OH is 1. The van der Waals surface area contributed by atoms with Crippen LogP contribution < -0.4 is 5.32 Å². The molecule has 1 amide bonds. The molecular formula is C16H19N3O2. The van der Waals surface area contributed by atoms with Gasteiger partial charge in [0.1, 0.15) is 12.0 Å². The van der Waals surface area contributed by atoms with Gasteiger partial charge in [0.25, 0.3) is 5.91 Å². The molecule has 0 spiro atoms. The van der Waals surface area contributed by atoms with Crippen LogP contribution in [0.4, 0.5) is 0 Å². The molecule has 5 heteroatoms. The van der Waals surface area contributed by atoms with Gasteiger partial charge >= 0.3 is 0 Å². The first-order chi connectivity index (χ1) is 10.2. The summed E-state index contributed by atoms with van der Waals surface area (Å²) in [4.78, 5) is 20.0. The fraction of sp³-hybridized carbons (Fsp3) is 0.312. The van der Waals surface area contributed by atoms with Gasteiger partial charge in [-0.2, -0.15) is 0 Å². The first kappa shape index (κ1) is 15.1. The quantitative estimate of drug-likeness (QED) is 0.846. The van der Waals surface area contributed by atoms with Crippen molar-refractivity contribution in [3.63, 3.8) is 0 Å². The van der Waals surface area contributed by atoms with E-state index in [9.17, 15) is 9.90 Å². The van der Waals surface area contributed by atoms with Crippen molar-refractivity contribution in [2.75, 3.05) is 13.2 Å². The third-order valence-corrected chi connectivity index (χ3v) is 3.29. The average molecular weight is 285 g/mol. The van der Waals surface area contributed by atoms with E-state index in [1.54, 1.807) is 6.07 Å². The monoisotopic (exact) mass is 285 g/mol. The molecule has 2 aromatic rings. The summed E-state index contributed by atoms with van der Waals surface area (Å²) in [7, 11) is 0. The van der Waals surface area contributed by atoms with E-state index in [-0.39, 0.29) is 18.4 Å². The number of amides is 1. The minimum Gasteiger partial charge on any atom is -0.396 e. The maximum absolute atomic E-state index is 12.1. The number of nitrogens with zero attached hydrogens (tertiary/aromatic N) is 2. The van der Waals surface area contributed by atoms with Gasteiger partial charge in [-0.1, -0.05) is 30.3 Å². The number of benzene rings is 1. The Kier molecular flexibility index (Phi) is 5.40. The summed E-state index contributed by atoms with van der Waals surface area (Å²) in [5, 5.41) is 12.1. The van der Waals surface area contributed by atoms with Gasteiger partial charge < -0.3 is 10.4 Å². The third kappa shape index (κ3) is 4.36. The highest BCUT2D eigenvalue weighted by Gasteiger charge is 2.14. The van der Waals surface area contributed by atoms with Crippen molar-refractivity contribution >= 4 is 5.91 Å². The fourth-order valence-electron chi connectivity index (χ4n) is 2.15. The van der Waals surface area contributed by atoms with E-state index in [1.807, 2.05) is 37.3 Å². The summed E-state index contributed by atoms with van der Waals surface area (Å²) in [6.07, 6.45) is 1.99. The SMILES string of the molecule is Cc1cc(C(=O)NCC(CCO)c2ccccc2)ncn1. The maximum Gasteiger partial charge on any atom is 0.270 e. The lowest BCUT2D eigenvalue weighted by Gasteiger charge is -2.17. The number of carbonyl (C=O) groups excluding carboxylic acids is 1. The zero-order chi connectivity index (χ0) is 15.1. The van der Waals surface area contributed by atoms with E-state index in [0.717, 1.165) is 11.3 Å². The summed E-state index contributed by atoms with van der Waals surface area (Å²) in [5.41, 5.74) is 2.22. The van der Waals surface area contributed by atoms with Crippen LogP contribution in [0.3, 0.4) is 0 Å². The number of hydrogen-bond acceptors (Lipinski definition) is 4. The molecule has 0 aliphatic carbocycles. The number of aromatic nitrogens is 2. The summed E-state index contributed by atoms with van der Waals surface area (Å²) >= 11 is 0. The van der Waals surface area contributed by atoms with Crippen molar-refractivity contribution < 1.29 is 9.90 Å². The second-order valence-corrected chi connectivity index (χ2v) is 4.87. The van der Waals surface area contributed by atoms with Crippen molar-refractivity contribution in [2.45, 2.75) is 19.3 Å². The molecule has 2 rings (SSSR count). The number of nitrogens with one attached hydrogen (secondary N) is 1. The molecule has 0 fully saturated rings. The highest BCUT2D eigenvalue weighted by atomic mass is 16.3. The van der Waals surface area contributed by atoms with E-state index >= 15 is 0 Å². The lowest BCUT2D eigenvalue weighted by atomic mass is 9.96. The van der Waals surface area contributed by atoms with Crippen LogP contribution in [0.2, 0.25) is 0 Å². The van der Waals surface area contributed by atoms with Crippen LogP contribution in [0.5, 0.6) is 0 Å². The molecule has 1 aromatic heterocycles. The van der Waals surface area contributed by atoms with Gasteiger partial charge in [-0.3, -0.25) is 4.79 Å². The molecule has 0 bridgehead atoms. The van der Waals surface area contributed by atoms with E-state index in [4.69, 9.17) is 0 Å². The molecule has 5 nitrogen and oxygen atoms in total. The number of hydrogen-bond donors (Lipinski definition) is 2. The zero-order valence-corrected chi connectivity index (χ0v) is 12.0. The molecule has 21 heavy (non-hydrogen) atoms. The molecule has 0 aliphatic rings. The molecule has 0 saturated heterocycles. The zero-order valence-electron chi connectivity index (χ0n) is 12.0. The standard InChI is InChI=1S/C16H19N3O2/c1-12-9-15(19-11-18-12)16(21)17-10-14(7-8-20)13-5-3-2-4-6-13/h2-6,9,11,14,20H,7-8,10H2,1H3,(H,17,21). The van der Waals surface area contributed by atoms with E-state index in [1.165, 1.54) is 6.33 Å². The molecule has 0 aliphatic heterocycles. The smallest absolute Gasteiger partial charge is 0.270 e. The highest BCUT2D eigenvalue weighted by molar-refractivity contribution is 5.92. The van der Waals surface area contributed by atoms with Crippen LogP contribution in [-0.2, 0) is 0 Å². The van der Waals surface area contributed by atoms with Crippen molar-refractivity contribution in [1.82, 2.24) is 15.3 Å². The van der Waals surface area contributed by atoms with Crippen LogP contribution >= 0.6 is 0 Å². The minimum atomic E-state index is -0.223. The Labute approximate surface area is 124 Å². The lowest BCUT2D eigenvalue weighted by molar-refractivity contribution is 0.0944. The Morgan fingerprint density at radius 1 is 1.29 bits per heavy atom. The Hall–Kier alpha value is -2.27. The molecule has 1 atom stereocenters.